The predicted octanol–water partition coefficient (Wildman–Crippen LogP) is 15.8. The zero-order chi connectivity index (χ0) is 47.3. The largest absolute Gasteiger partial charge is 0.208 e. The van der Waals surface area contributed by atoms with Crippen molar-refractivity contribution in [1.29, 1.82) is 0 Å². The zero-order valence-electron chi connectivity index (χ0n) is 39.7. The van der Waals surface area contributed by atoms with Gasteiger partial charge in [0, 0.05) is 38.8 Å². The van der Waals surface area contributed by atoms with Crippen molar-refractivity contribution >= 4 is 21.5 Å². The summed E-state index contributed by atoms with van der Waals surface area (Å²) in [5.41, 5.74) is 13.7. The van der Waals surface area contributed by atoms with Crippen LogP contribution in [0.4, 0.5) is 0 Å². The van der Waals surface area contributed by atoms with Gasteiger partial charge in [-0.2, -0.15) is 0 Å². The third-order valence-corrected chi connectivity index (χ3v) is 16.7. The van der Waals surface area contributed by atoms with Crippen molar-refractivity contribution in [2.75, 3.05) is 0 Å². The number of fused-ring (bicyclic) bond motifs is 5. The van der Waals surface area contributed by atoms with Gasteiger partial charge in [0.2, 0.25) is 0 Å². The minimum Gasteiger partial charge on any atom is -0.208 e. The Balaban J connectivity index is 1.04. The van der Waals surface area contributed by atoms with Gasteiger partial charge in [-0.05, 0) is 135 Å². The number of rotatable bonds is 7. The molecule has 6 nitrogen and oxygen atoms in total. The van der Waals surface area contributed by atoms with Gasteiger partial charge in [0.15, 0.2) is 34.9 Å². The van der Waals surface area contributed by atoms with Crippen LogP contribution in [0.3, 0.4) is 0 Å². The van der Waals surface area contributed by atoms with E-state index in [1.54, 1.807) is 5.56 Å². The fraction of sp³-hybridized carbons (Fsp3) is 0.152. The maximum Gasteiger partial charge on any atom is 0.164 e. The van der Waals surface area contributed by atoms with Gasteiger partial charge >= 0.3 is 0 Å². The molecular formula is C66H48N6. The Morgan fingerprint density at radius 3 is 1.31 bits per heavy atom. The molecule has 0 saturated heterocycles. The molecule has 0 aliphatic heterocycles. The molecule has 16 rings (SSSR count). The molecule has 5 aliphatic rings. The van der Waals surface area contributed by atoms with E-state index in [1.807, 2.05) is 72.8 Å². The van der Waals surface area contributed by atoms with Crippen molar-refractivity contribution in [2.45, 2.75) is 37.5 Å². The summed E-state index contributed by atoms with van der Waals surface area (Å²) in [5, 5.41) is 4.48. The molecule has 4 fully saturated rings. The standard InChI is InChI=1S/C66H48N6/c1-5-17-42(18-6-1)60-67-61(43-19-7-2-8-20-43)70-64(69-60)48-37-55-54(56(38-48)65-71-62(44-21-9-3-10-22-44)68-63(72-65)45-23-11-4-12-24-45)36-46-25-13-14-26-51(46)59(55)47-29-30-53-52-27-15-16-28-57(52)66(58(53)39-47)49-32-40-31-41(34-49)35-50(66)33-40/h1-30,36-41,49-50H,31-35H2. The summed E-state index contributed by atoms with van der Waals surface area (Å²) in [6.07, 6.45) is 6.75. The van der Waals surface area contributed by atoms with E-state index in [9.17, 15) is 0 Å². The molecule has 0 unspecified atom stereocenters. The molecule has 0 atom stereocenters. The van der Waals surface area contributed by atoms with E-state index in [-0.39, 0.29) is 5.41 Å². The van der Waals surface area contributed by atoms with Crippen LogP contribution in [0.5, 0.6) is 0 Å². The molecule has 5 aliphatic carbocycles. The summed E-state index contributed by atoms with van der Waals surface area (Å²) in [5.74, 6) is 6.60. The molecule has 342 valence electrons. The lowest BCUT2D eigenvalue weighted by molar-refractivity contribution is -0.0399. The van der Waals surface area contributed by atoms with Gasteiger partial charge < -0.3 is 0 Å². The number of aromatic nitrogens is 6. The van der Waals surface area contributed by atoms with Crippen LogP contribution < -0.4 is 0 Å². The lowest BCUT2D eigenvalue weighted by Gasteiger charge is -2.61. The van der Waals surface area contributed by atoms with Crippen molar-refractivity contribution in [3.63, 3.8) is 0 Å². The molecule has 6 heteroatoms. The summed E-state index contributed by atoms with van der Waals surface area (Å²) in [4.78, 5) is 31.7. The predicted molar refractivity (Wildman–Crippen MR) is 290 cm³/mol. The molecule has 1 spiro atoms. The van der Waals surface area contributed by atoms with E-state index >= 15 is 0 Å². The molecule has 2 aromatic heterocycles. The first-order chi connectivity index (χ1) is 35.6. The summed E-state index contributed by atoms with van der Waals surface area (Å²) in [6.45, 7) is 0. The first-order valence-electron chi connectivity index (χ1n) is 25.6. The maximum absolute atomic E-state index is 5.39. The molecular weight excluding hydrogens is 877 g/mol. The van der Waals surface area contributed by atoms with Crippen LogP contribution in [0.1, 0.15) is 43.2 Å². The van der Waals surface area contributed by atoms with Crippen LogP contribution in [0.25, 0.3) is 112 Å². The fourth-order valence-electron chi connectivity index (χ4n) is 14.0. The van der Waals surface area contributed by atoms with E-state index in [1.165, 1.54) is 65.3 Å². The third-order valence-electron chi connectivity index (χ3n) is 16.7. The van der Waals surface area contributed by atoms with Crippen LogP contribution in [-0.2, 0) is 5.41 Å². The fourth-order valence-corrected chi connectivity index (χ4v) is 14.0. The van der Waals surface area contributed by atoms with Crippen LogP contribution in [0.2, 0.25) is 0 Å². The Morgan fingerprint density at radius 2 is 0.750 bits per heavy atom. The molecule has 4 saturated carbocycles. The highest BCUT2D eigenvalue weighted by atomic mass is 15.0. The van der Waals surface area contributed by atoms with Crippen molar-refractivity contribution < 1.29 is 0 Å². The first-order valence-corrected chi connectivity index (χ1v) is 25.6. The SMILES string of the molecule is c1ccc(-c2nc(-c3ccccc3)nc(-c3cc(-c4nc(-c5ccccc5)nc(-c5ccccc5)n4)c4cc5ccccc5c(-c5ccc6c(c5)C5(c7ccccc7-6)C6CC7CC(C6)CC5C7)c4c3)n2)cc1. The van der Waals surface area contributed by atoms with Gasteiger partial charge in [-0.3, -0.25) is 0 Å². The van der Waals surface area contributed by atoms with Gasteiger partial charge in [0.1, 0.15) is 0 Å². The molecule has 72 heavy (non-hydrogen) atoms. The van der Waals surface area contributed by atoms with Gasteiger partial charge in [0.25, 0.3) is 0 Å². The Bertz CT molecular complexity index is 3790. The summed E-state index contributed by atoms with van der Waals surface area (Å²) >= 11 is 0. The molecule has 4 bridgehead atoms. The summed E-state index contributed by atoms with van der Waals surface area (Å²) in [7, 11) is 0. The second-order valence-electron chi connectivity index (χ2n) is 20.6. The quantitative estimate of drug-likeness (QED) is 0.148. The smallest absolute Gasteiger partial charge is 0.164 e. The lowest BCUT2D eigenvalue weighted by atomic mass is 9.43. The van der Waals surface area contributed by atoms with Gasteiger partial charge in [0.05, 0.1) is 0 Å². The van der Waals surface area contributed by atoms with Gasteiger partial charge in [-0.15, -0.1) is 0 Å². The van der Waals surface area contributed by atoms with Crippen LogP contribution in [0, 0.1) is 23.7 Å². The van der Waals surface area contributed by atoms with Crippen molar-refractivity contribution in [2.24, 2.45) is 23.7 Å². The monoisotopic (exact) mass is 924 g/mol. The molecule has 9 aromatic carbocycles. The molecule has 0 amide bonds. The van der Waals surface area contributed by atoms with Crippen LogP contribution in [-0.4, -0.2) is 29.9 Å². The third kappa shape index (κ3) is 6.48. The van der Waals surface area contributed by atoms with Gasteiger partial charge in [-0.1, -0.05) is 182 Å². The van der Waals surface area contributed by atoms with Crippen LogP contribution in [0.15, 0.2) is 206 Å². The number of benzene rings is 9. The van der Waals surface area contributed by atoms with Crippen molar-refractivity contribution in [3.8, 4) is 90.6 Å². The number of hydrogen-bond donors (Lipinski definition) is 0. The average molecular weight is 925 g/mol. The average Bonchev–Trinajstić information content (AvgIpc) is 3.74. The first kappa shape index (κ1) is 41.3. The number of hydrogen-bond acceptors (Lipinski definition) is 6. The number of nitrogens with zero attached hydrogens (tertiary/aromatic N) is 6. The lowest BCUT2D eigenvalue weighted by Crippen LogP contribution is -2.55. The van der Waals surface area contributed by atoms with Crippen molar-refractivity contribution in [1.82, 2.24) is 29.9 Å². The Labute approximate surface area is 418 Å². The highest BCUT2D eigenvalue weighted by Gasteiger charge is 2.61. The highest BCUT2D eigenvalue weighted by molar-refractivity contribution is 6.17. The highest BCUT2D eigenvalue weighted by Crippen LogP contribution is 2.69. The van der Waals surface area contributed by atoms with Crippen molar-refractivity contribution in [3.05, 3.63) is 217 Å². The Morgan fingerprint density at radius 1 is 0.292 bits per heavy atom. The second-order valence-corrected chi connectivity index (χ2v) is 20.6. The molecule has 11 aromatic rings. The van der Waals surface area contributed by atoms with E-state index in [4.69, 9.17) is 29.9 Å². The Kier molecular flexibility index (Phi) is 9.35. The van der Waals surface area contributed by atoms with Crippen LogP contribution >= 0.6 is 0 Å². The van der Waals surface area contributed by atoms with E-state index in [0.29, 0.717) is 46.8 Å². The van der Waals surface area contributed by atoms with E-state index < -0.39 is 0 Å². The normalized spacial score (nSPS) is 20.3. The maximum atomic E-state index is 5.39. The van der Waals surface area contributed by atoms with E-state index in [2.05, 4.69) is 133 Å². The summed E-state index contributed by atoms with van der Waals surface area (Å²) < 4.78 is 0. The molecule has 0 N–H and O–H groups in total. The second kappa shape index (κ2) is 16.3. The summed E-state index contributed by atoms with van der Waals surface area (Å²) in [6, 6.07) is 73.5. The molecule has 2 heterocycles. The van der Waals surface area contributed by atoms with Gasteiger partial charge in [-0.25, -0.2) is 29.9 Å². The topological polar surface area (TPSA) is 77.3 Å². The zero-order valence-corrected chi connectivity index (χ0v) is 39.7. The minimum absolute atomic E-state index is 0.0190. The molecule has 0 radical (unpaired) electrons. The van der Waals surface area contributed by atoms with E-state index in [0.717, 1.165) is 61.4 Å². The minimum atomic E-state index is 0.0190. The Hall–Kier alpha value is -8.48.